The van der Waals surface area contributed by atoms with E-state index in [1.807, 2.05) is 0 Å². The maximum atomic E-state index is 11.7. The minimum Gasteiger partial charge on any atom is -0.507 e. The zero-order valence-electron chi connectivity index (χ0n) is 10.0. The molecule has 2 heterocycles. The molecular formula is C13H14N2O3. The van der Waals surface area contributed by atoms with Crippen LogP contribution in [-0.2, 0) is 17.7 Å². The van der Waals surface area contributed by atoms with Gasteiger partial charge in [0.05, 0.1) is 18.2 Å². The van der Waals surface area contributed by atoms with Gasteiger partial charge < -0.3 is 20.1 Å². The van der Waals surface area contributed by atoms with Crippen molar-refractivity contribution in [3.05, 3.63) is 29.0 Å². The summed E-state index contributed by atoms with van der Waals surface area (Å²) in [5, 5.41) is 14.0. The number of carbonyl (C=O) groups excluding carboxylic acids is 1. The summed E-state index contributed by atoms with van der Waals surface area (Å²) in [6.07, 6.45) is 0.865. The minimum atomic E-state index is -0.397. The van der Waals surface area contributed by atoms with E-state index in [4.69, 9.17) is 4.74 Å². The van der Waals surface area contributed by atoms with E-state index in [1.165, 1.54) is 13.2 Å². The summed E-state index contributed by atoms with van der Waals surface area (Å²) in [5.41, 5.74) is 3.24. The fraction of sp³-hybridized carbons (Fsp3) is 0.308. The van der Waals surface area contributed by atoms with Crippen LogP contribution in [0.4, 0.5) is 0 Å². The summed E-state index contributed by atoms with van der Waals surface area (Å²) in [5.74, 6) is -0.203. The molecule has 5 heteroatoms. The van der Waals surface area contributed by atoms with E-state index in [0.29, 0.717) is 17.6 Å². The molecule has 0 amide bonds. The van der Waals surface area contributed by atoms with Gasteiger partial charge in [0.25, 0.3) is 0 Å². The normalized spacial score (nSPS) is 14.5. The summed E-state index contributed by atoms with van der Waals surface area (Å²) < 4.78 is 4.76. The number of rotatable bonds is 1. The molecule has 1 aliphatic heterocycles. The number of methoxy groups -OCH3 is 1. The molecule has 5 nitrogen and oxygen atoms in total. The Balaban J connectivity index is 2.32. The zero-order chi connectivity index (χ0) is 12.7. The quantitative estimate of drug-likeness (QED) is 0.663. The van der Waals surface area contributed by atoms with E-state index in [-0.39, 0.29) is 5.75 Å². The maximum absolute atomic E-state index is 11.7. The topological polar surface area (TPSA) is 74.3 Å². The molecule has 1 aromatic heterocycles. The number of H-pyrrole nitrogens is 1. The van der Waals surface area contributed by atoms with Gasteiger partial charge in [-0.25, -0.2) is 4.79 Å². The Morgan fingerprint density at radius 2 is 2.28 bits per heavy atom. The number of nitrogens with one attached hydrogen (secondary N) is 2. The summed E-state index contributed by atoms with van der Waals surface area (Å²) in [4.78, 5) is 15.0. The lowest BCUT2D eigenvalue weighted by Gasteiger charge is -2.12. The van der Waals surface area contributed by atoms with Gasteiger partial charge in [0.1, 0.15) is 5.75 Å². The first kappa shape index (κ1) is 11.1. The number of aromatic amines is 1. The van der Waals surface area contributed by atoms with Crippen LogP contribution in [0.3, 0.4) is 0 Å². The first-order valence-electron chi connectivity index (χ1n) is 5.87. The number of hydrogen-bond acceptors (Lipinski definition) is 4. The molecule has 3 N–H and O–H groups in total. The van der Waals surface area contributed by atoms with E-state index in [1.54, 1.807) is 6.07 Å². The number of ether oxygens (including phenoxy) is 1. The third-order valence-electron chi connectivity index (χ3n) is 3.38. The molecule has 0 atom stereocenters. The van der Waals surface area contributed by atoms with Gasteiger partial charge in [-0.15, -0.1) is 0 Å². The standard InChI is InChI=1S/C13H14N2O3/c1-18-13(17)7-2-3-10(16)11-8-6-14-5-4-9(8)15-12(7)11/h2-3,14-16H,4-6H2,1H3. The van der Waals surface area contributed by atoms with Crippen LogP contribution in [0, 0.1) is 0 Å². The number of phenols is 1. The number of benzene rings is 1. The smallest absolute Gasteiger partial charge is 0.340 e. The highest BCUT2D eigenvalue weighted by Gasteiger charge is 2.21. The monoisotopic (exact) mass is 246 g/mol. The molecule has 3 rings (SSSR count). The van der Waals surface area contributed by atoms with E-state index >= 15 is 0 Å². The highest BCUT2D eigenvalue weighted by Crippen LogP contribution is 2.34. The molecule has 18 heavy (non-hydrogen) atoms. The summed E-state index contributed by atoms with van der Waals surface area (Å²) in [6.45, 7) is 1.60. The molecule has 94 valence electrons. The van der Waals surface area contributed by atoms with Crippen molar-refractivity contribution < 1.29 is 14.6 Å². The van der Waals surface area contributed by atoms with Gasteiger partial charge in [-0.05, 0) is 17.7 Å². The first-order chi connectivity index (χ1) is 8.72. The molecule has 0 radical (unpaired) electrons. The van der Waals surface area contributed by atoms with Gasteiger partial charge >= 0.3 is 5.97 Å². The Morgan fingerprint density at radius 1 is 1.44 bits per heavy atom. The molecule has 0 spiro atoms. The molecule has 0 saturated heterocycles. The number of phenolic OH excluding ortho intramolecular Hbond substituents is 1. The van der Waals surface area contributed by atoms with Crippen LogP contribution in [0.5, 0.6) is 5.75 Å². The predicted octanol–water partition coefficient (Wildman–Crippen LogP) is 1.31. The van der Waals surface area contributed by atoms with Crippen LogP contribution >= 0.6 is 0 Å². The number of carbonyl (C=O) groups is 1. The van der Waals surface area contributed by atoms with Gasteiger partial charge in [-0.2, -0.15) is 0 Å². The number of hydrogen-bond donors (Lipinski definition) is 3. The second-order valence-corrected chi connectivity index (χ2v) is 4.38. The second kappa shape index (κ2) is 4.03. The second-order valence-electron chi connectivity index (χ2n) is 4.38. The van der Waals surface area contributed by atoms with Crippen molar-refractivity contribution in [3.63, 3.8) is 0 Å². The molecule has 1 aliphatic rings. The third kappa shape index (κ3) is 1.48. The maximum Gasteiger partial charge on any atom is 0.340 e. The fourth-order valence-electron chi connectivity index (χ4n) is 2.52. The van der Waals surface area contributed by atoms with Crippen molar-refractivity contribution in [2.24, 2.45) is 0 Å². The highest BCUT2D eigenvalue weighted by atomic mass is 16.5. The zero-order valence-corrected chi connectivity index (χ0v) is 10.0. The fourth-order valence-corrected chi connectivity index (χ4v) is 2.52. The summed E-state index contributed by atoms with van der Waals surface area (Å²) >= 11 is 0. The average Bonchev–Trinajstić information content (AvgIpc) is 2.78. The SMILES string of the molecule is COC(=O)c1ccc(O)c2c3c([nH]c12)CCNC3. The molecular weight excluding hydrogens is 232 g/mol. The molecule has 0 bridgehead atoms. The van der Waals surface area contributed by atoms with Crippen LogP contribution in [0.25, 0.3) is 10.9 Å². The predicted molar refractivity (Wildman–Crippen MR) is 66.7 cm³/mol. The van der Waals surface area contributed by atoms with Crippen molar-refractivity contribution in [2.75, 3.05) is 13.7 Å². The van der Waals surface area contributed by atoms with Crippen molar-refractivity contribution in [1.29, 1.82) is 0 Å². The number of aromatic nitrogens is 1. The van der Waals surface area contributed by atoms with Crippen LogP contribution in [-0.4, -0.2) is 29.7 Å². The largest absolute Gasteiger partial charge is 0.507 e. The highest BCUT2D eigenvalue weighted by molar-refractivity contribution is 6.06. The van der Waals surface area contributed by atoms with Crippen LogP contribution < -0.4 is 5.32 Å². The van der Waals surface area contributed by atoms with Crippen molar-refractivity contribution in [1.82, 2.24) is 10.3 Å². The Bertz CT molecular complexity index is 631. The first-order valence-corrected chi connectivity index (χ1v) is 5.87. The molecule has 0 saturated carbocycles. The lowest BCUT2D eigenvalue weighted by molar-refractivity contribution is 0.0603. The van der Waals surface area contributed by atoms with Crippen molar-refractivity contribution in [2.45, 2.75) is 13.0 Å². The molecule has 0 unspecified atom stereocenters. The lowest BCUT2D eigenvalue weighted by Crippen LogP contribution is -2.22. The van der Waals surface area contributed by atoms with Gasteiger partial charge in [0, 0.05) is 30.6 Å². The van der Waals surface area contributed by atoms with Crippen molar-refractivity contribution >= 4 is 16.9 Å². The summed E-state index contributed by atoms with van der Waals surface area (Å²) in [6, 6.07) is 3.12. The van der Waals surface area contributed by atoms with E-state index in [2.05, 4.69) is 10.3 Å². The summed E-state index contributed by atoms with van der Waals surface area (Å²) in [7, 11) is 1.35. The Hall–Kier alpha value is -2.01. The number of fused-ring (bicyclic) bond motifs is 3. The van der Waals surface area contributed by atoms with Crippen molar-refractivity contribution in [3.8, 4) is 5.75 Å². The number of esters is 1. The Kier molecular flexibility index (Phi) is 2.48. The Morgan fingerprint density at radius 3 is 3.06 bits per heavy atom. The molecule has 1 aromatic carbocycles. The van der Waals surface area contributed by atoms with Crippen LogP contribution in [0.15, 0.2) is 12.1 Å². The van der Waals surface area contributed by atoms with Gasteiger partial charge in [-0.1, -0.05) is 0 Å². The minimum absolute atomic E-state index is 0.193. The number of aromatic hydroxyl groups is 1. The third-order valence-corrected chi connectivity index (χ3v) is 3.38. The van der Waals surface area contributed by atoms with E-state index in [0.717, 1.165) is 29.6 Å². The van der Waals surface area contributed by atoms with Gasteiger partial charge in [-0.3, -0.25) is 0 Å². The van der Waals surface area contributed by atoms with Crippen LogP contribution in [0.1, 0.15) is 21.6 Å². The van der Waals surface area contributed by atoms with Crippen LogP contribution in [0.2, 0.25) is 0 Å². The van der Waals surface area contributed by atoms with E-state index in [9.17, 15) is 9.90 Å². The van der Waals surface area contributed by atoms with E-state index < -0.39 is 5.97 Å². The molecule has 2 aromatic rings. The Labute approximate surface area is 104 Å². The van der Waals surface area contributed by atoms with Gasteiger partial charge in [0.2, 0.25) is 0 Å². The lowest BCUT2D eigenvalue weighted by atomic mass is 10.0. The molecule has 0 aliphatic carbocycles. The van der Waals surface area contributed by atoms with Gasteiger partial charge in [0.15, 0.2) is 0 Å². The average molecular weight is 246 g/mol. The molecule has 0 fully saturated rings.